The van der Waals surface area contributed by atoms with Crippen LogP contribution in [0.3, 0.4) is 0 Å². The fraction of sp³-hybridized carbons (Fsp3) is 0.679. The summed E-state index contributed by atoms with van der Waals surface area (Å²) >= 11 is 0. The van der Waals surface area contributed by atoms with Gasteiger partial charge in [0.25, 0.3) is 5.79 Å². The lowest BCUT2D eigenvalue weighted by Crippen LogP contribution is -2.72. The Morgan fingerprint density at radius 2 is 1.68 bits per heavy atom. The van der Waals surface area contributed by atoms with Gasteiger partial charge in [-0.05, 0) is 44.0 Å². The van der Waals surface area contributed by atoms with Crippen LogP contribution in [-0.2, 0) is 25.5 Å². The number of aliphatic hydroxyl groups is 5. The highest BCUT2D eigenvalue weighted by Crippen LogP contribution is 2.39. The van der Waals surface area contributed by atoms with Crippen molar-refractivity contribution in [2.45, 2.75) is 87.7 Å². The van der Waals surface area contributed by atoms with E-state index < -0.39 is 85.1 Å². The number of alkyl halides is 2. The lowest BCUT2D eigenvalue weighted by molar-refractivity contribution is -0.409. The number of ether oxygens (including phenoxy) is 2. The molecule has 1 unspecified atom stereocenters. The van der Waals surface area contributed by atoms with Gasteiger partial charge in [-0.1, -0.05) is 25.5 Å². The number of hydrogen-bond donors (Lipinski definition) is 9. The molecule has 1 aliphatic rings. The first-order valence-corrected chi connectivity index (χ1v) is 14.2. The van der Waals surface area contributed by atoms with Crippen molar-refractivity contribution in [1.29, 1.82) is 0 Å². The van der Waals surface area contributed by atoms with Gasteiger partial charge in [0.15, 0.2) is 0 Å². The molecular formula is C28H43F2N3O11. The Morgan fingerprint density at radius 3 is 2.25 bits per heavy atom. The summed E-state index contributed by atoms with van der Waals surface area (Å²) in [5.41, 5.74) is 0.693. The smallest absolute Gasteiger partial charge is 0.325 e. The molecule has 250 valence electrons. The number of carboxylic acid groups (broad SMARTS) is 1. The van der Waals surface area contributed by atoms with Crippen LogP contribution < -0.4 is 20.7 Å². The van der Waals surface area contributed by atoms with Gasteiger partial charge < -0.3 is 56.1 Å². The van der Waals surface area contributed by atoms with E-state index in [1.807, 2.05) is 0 Å². The average Bonchev–Trinajstić information content (AvgIpc) is 2.99. The molecule has 1 saturated heterocycles. The maximum Gasteiger partial charge on any atom is 0.325 e. The number of carboxylic acids is 1. The molecule has 0 spiro atoms. The summed E-state index contributed by atoms with van der Waals surface area (Å²) in [5.74, 6) is -10.1. The number of benzene rings is 1. The number of carbonyl (C=O) groups excluding carboxylic acids is 2. The van der Waals surface area contributed by atoms with E-state index in [0.717, 1.165) is 0 Å². The molecular weight excluding hydrogens is 592 g/mol. The summed E-state index contributed by atoms with van der Waals surface area (Å²) < 4.78 is 39.4. The van der Waals surface area contributed by atoms with Gasteiger partial charge in [-0.2, -0.15) is 8.78 Å². The van der Waals surface area contributed by atoms with Crippen molar-refractivity contribution in [2.75, 3.05) is 26.8 Å². The molecule has 1 aromatic rings. The molecule has 14 nitrogen and oxygen atoms in total. The molecule has 0 aromatic heterocycles. The number of amides is 2. The zero-order chi connectivity index (χ0) is 33.2. The minimum atomic E-state index is -4.13. The van der Waals surface area contributed by atoms with Gasteiger partial charge in [0.2, 0.25) is 11.8 Å². The molecule has 8 atom stereocenters. The van der Waals surface area contributed by atoms with E-state index >= 15 is 0 Å². The van der Waals surface area contributed by atoms with Gasteiger partial charge in [0, 0.05) is 12.3 Å². The summed E-state index contributed by atoms with van der Waals surface area (Å²) in [6.45, 7) is 0.767. The highest BCUT2D eigenvalue weighted by Gasteiger charge is 2.65. The summed E-state index contributed by atoms with van der Waals surface area (Å²) in [6, 6.07) is 4.53. The van der Waals surface area contributed by atoms with Crippen LogP contribution in [0.15, 0.2) is 24.3 Å². The van der Waals surface area contributed by atoms with Crippen LogP contribution in [0.2, 0.25) is 0 Å². The van der Waals surface area contributed by atoms with E-state index in [-0.39, 0.29) is 13.0 Å². The molecule has 1 heterocycles. The largest absolute Gasteiger partial charge is 0.497 e. The second-order valence-corrected chi connectivity index (χ2v) is 10.9. The van der Waals surface area contributed by atoms with Crippen molar-refractivity contribution in [2.24, 2.45) is 5.92 Å². The van der Waals surface area contributed by atoms with Crippen LogP contribution in [0.1, 0.15) is 38.7 Å². The van der Waals surface area contributed by atoms with Crippen molar-refractivity contribution in [3.05, 3.63) is 29.8 Å². The van der Waals surface area contributed by atoms with Gasteiger partial charge in [0.1, 0.15) is 42.2 Å². The fourth-order valence-electron chi connectivity index (χ4n) is 4.56. The standard InChI is InChI=1S/C28H43F2N3O11/c1-15(6-4-5-11-31-14-27(29,30)28(42)23(37)22(36)21(35)20(13-34)44-28)24(38)33-19(25(39)32-16(2)26(40)41)12-17-7-9-18(43-3)10-8-17/h7-10,15-16,19-23,31,34-37,42H,4-6,11-14H2,1-3H3,(H,32,39)(H,33,38)(H,40,41)/t15-,16-,19-,20+,21-,22-,23+,28?/m0/s1. The van der Waals surface area contributed by atoms with E-state index in [9.17, 15) is 48.7 Å². The van der Waals surface area contributed by atoms with Crippen LogP contribution in [0.25, 0.3) is 0 Å². The quantitative estimate of drug-likeness (QED) is 0.0892. The molecule has 2 amide bonds. The van der Waals surface area contributed by atoms with E-state index in [1.165, 1.54) is 14.0 Å². The number of aliphatic hydroxyl groups excluding tert-OH is 4. The topological polar surface area (TPSA) is 227 Å². The highest BCUT2D eigenvalue weighted by molar-refractivity contribution is 5.91. The van der Waals surface area contributed by atoms with E-state index in [4.69, 9.17) is 14.6 Å². The monoisotopic (exact) mass is 635 g/mol. The Morgan fingerprint density at radius 1 is 1.05 bits per heavy atom. The second-order valence-electron chi connectivity index (χ2n) is 10.9. The molecule has 1 aromatic carbocycles. The molecule has 2 rings (SSSR count). The molecule has 0 saturated carbocycles. The van der Waals surface area contributed by atoms with E-state index in [0.29, 0.717) is 30.6 Å². The van der Waals surface area contributed by atoms with Crippen LogP contribution in [0.4, 0.5) is 8.78 Å². The normalized spacial score (nSPS) is 25.9. The molecule has 0 bridgehead atoms. The summed E-state index contributed by atoms with van der Waals surface area (Å²) in [7, 11) is 1.50. The summed E-state index contributed by atoms with van der Waals surface area (Å²) in [4.78, 5) is 36.9. The second kappa shape index (κ2) is 16.4. The number of hydrogen-bond acceptors (Lipinski definition) is 11. The van der Waals surface area contributed by atoms with E-state index in [2.05, 4.69) is 16.0 Å². The number of aliphatic carboxylic acids is 1. The molecule has 0 aliphatic carbocycles. The van der Waals surface area contributed by atoms with Crippen molar-refractivity contribution in [3.63, 3.8) is 0 Å². The third-order valence-electron chi connectivity index (χ3n) is 7.49. The first kappa shape index (κ1) is 37.2. The average molecular weight is 636 g/mol. The number of methoxy groups -OCH3 is 1. The minimum absolute atomic E-state index is 0.0142. The van der Waals surface area contributed by atoms with Crippen LogP contribution in [-0.4, -0.2) is 123 Å². The Kier molecular flexibility index (Phi) is 13.8. The van der Waals surface area contributed by atoms with Crippen molar-refractivity contribution >= 4 is 17.8 Å². The fourth-order valence-corrected chi connectivity index (χ4v) is 4.56. The van der Waals surface area contributed by atoms with Crippen molar-refractivity contribution in [3.8, 4) is 5.75 Å². The predicted octanol–water partition coefficient (Wildman–Crippen LogP) is -1.49. The SMILES string of the molecule is COc1ccc(C[C@H](NC(=O)[C@@H](C)CCCCNCC(F)(F)C2(O)O[C@H](CO)[C@H](O)[C@H](O)[C@H]2O)C(=O)N[C@@H](C)C(=O)O)cc1. The number of unbranched alkanes of at least 4 members (excludes halogenated alkanes) is 1. The number of nitrogens with one attached hydrogen (secondary N) is 3. The number of carbonyl (C=O) groups is 3. The first-order chi connectivity index (χ1) is 20.6. The molecule has 1 aliphatic heterocycles. The molecule has 16 heteroatoms. The Labute approximate surface area is 253 Å². The van der Waals surface area contributed by atoms with Crippen molar-refractivity contribution in [1.82, 2.24) is 16.0 Å². The van der Waals surface area contributed by atoms with E-state index in [1.54, 1.807) is 31.2 Å². The minimum Gasteiger partial charge on any atom is -0.497 e. The van der Waals surface area contributed by atoms with Crippen LogP contribution >= 0.6 is 0 Å². The van der Waals surface area contributed by atoms with Gasteiger partial charge in [-0.25, -0.2) is 0 Å². The predicted molar refractivity (Wildman–Crippen MR) is 150 cm³/mol. The Bertz CT molecular complexity index is 1100. The van der Waals surface area contributed by atoms with Crippen LogP contribution in [0, 0.1) is 5.92 Å². The van der Waals surface area contributed by atoms with Gasteiger partial charge in [-0.15, -0.1) is 0 Å². The zero-order valence-electron chi connectivity index (χ0n) is 24.8. The molecule has 1 fully saturated rings. The third kappa shape index (κ3) is 9.50. The lowest BCUT2D eigenvalue weighted by Gasteiger charge is -2.48. The summed E-state index contributed by atoms with van der Waals surface area (Å²) in [5, 5.41) is 65.7. The Balaban J connectivity index is 1.88. The summed E-state index contributed by atoms with van der Waals surface area (Å²) in [6.07, 6.45) is -7.26. The maximum atomic E-state index is 14.8. The number of halogens is 2. The Hall–Kier alpha value is -2.99. The van der Waals surface area contributed by atoms with Gasteiger partial charge in [0.05, 0.1) is 20.3 Å². The lowest BCUT2D eigenvalue weighted by atomic mass is 9.88. The van der Waals surface area contributed by atoms with Crippen molar-refractivity contribution < 1.29 is 63.3 Å². The maximum absolute atomic E-state index is 14.8. The third-order valence-corrected chi connectivity index (χ3v) is 7.49. The van der Waals surface area contributed by atoms with Gasteiger partial charge >= 0.3 is 11.9 Å². The zero-order valence-corrected chi connectivity index (χ0v) is 24.8. The van der Waals surface area contributed by atoms with Gasteiger partial charge in [-0.3, -0.25) is 14.4 Å². The molecule has 0 radical (unpaired) electrons. The number of rotatable bonds is 17. The first-order valence-electron chi connectivity index (χ1n) is 14.2. The van der Waals surface area contributed by atoms with Crippen LogP contribution in [0.5, 0.6) is 5.75 Å². The highest BCUT2D eigenvalue weighted by atomic mass is 19.3. The molecule has 9 N–H and O–H groups in total. The molecule has 44 heavy (non-hydrogen) atoms.